The lowest BCUT2D eigenvalue weighted by Gasteiger charge is -2.37. The fraction of sp³-hybridized carbons (Fsp3) is 0.765. The van der Waals surface area contributed by atoms with Gasteiger partial charge in [-0.3, -0.25) is 0 Å². The molecule has 1 N–H and O–H groups in total. The lowest BCUT2D eigenvalue weighted by molar-refractivity contribution is 0.0778. The highest BCUT2D eigenvalue weighted by atomic mass is 16.5. The van der Waals surface area contributed by atoms with Crippen molar-refractivity contribution in [3.05, 3.63) is 23.3 Å². The predicted octanol–water partition coefficient (Wildman–Crippen LogP) is 2.99. The molecule has 2 aliphatic rings. The van der Waals surface area contributed by atoms with Crippen molar-refractivity contribution in [3.63, 3.8) is 0 Å². The summed E-state index contributed by atoms with van der Waals surface area (Å²) in [6.45, 7) is 9.49. The van der Waals surface area contributed by atoms with Crippen LogP contribution >= 0.6 is 0 Å². The topological polar surface area (TPSA) is 47.0 Å². The average Bonchev–Trinajstić information content (AvgIpc) is 2.46. The quantitative estimate of drug-likeness (QED) is 0.929. The summed E-state index contributed by atoms with van der Waals surface area (Å²) in [6.07, 6.45) is 6.54. The number of aromatic nitrogens is 2. The van der Waals surface area contributed by atoms with E-state index in [1.165, 1.54) is 11.3 Å². The van der Waals surface area contributed by atoms with Gasteiger partial charge in [0.15, 0.2) is 0 Å². The minimum Gasteiger partial charge on any atom is -0.381 e. The van der Waals surface area contributed by atoms with Gasteiger partial charge in [0, 0.05) is 36.0 Å². The second-order valence-corrected chi connectivity index (χ2v) is 7.20. The van der Waals surface area contributed by atoms with E-state index in [2.05, 4.69) is 37.3 Å². The van der Waals surface area contributed by atoms with Crippen molar-refractivity contribution in [1.29, 1.82) is 0 Å². The van der Waals surface area contributed by atoms with Crippen molar-refractivity contribution >= 4 is 0 Å². The first-order valence-corrected chi connectivity index (χ1v) is 8.26. The van der Waals surface area contributed by atoms with Crippen LogP contribution in [0.3, 0.4) is 0 Å². The smallest absolute Gasteiger partial charge is 0.133 e. The van der Waals surface area contributed by atoms with Gasteiger partial charge < -0.3 is 10.1 Å². The maximum atomic E-state index is 5.59. The van der Waals surface area contributed by atoms with Crippen LogP contribution < -0.4 is 5.32 Å². The molecule has 1 saturated heterocycles. The molecule has 0 aromatic carbocycles. The van der Waals surface area contributed by atoms with E-state index in [0.717, 1.165) is 51.3 Å². The van der Waals surface area contributed by atoms with Gasteiger partial charge in [-0.1, -0.05) is 20.8 Å². The number of ether oxygens (including phenoxy) is 1. The van der Waals surface area contributed by atoms with Crippen molar-refractivity contribution in [1.82, 2.24) is 15.3 Å². The molecule has 0 amide bonds. The summed E-state index contributed by atoms with van der Waals surface area (Å²) >= 11 is 0. The van der Waals surface area contributed by atoms with Crippen LogP contribution in [0.1, 0.15) is 69.1 Å². The zero-order valence-electron chi connectivity index (χ0n) is 13.5. The largest absolute Gasteiger partial charge is 0.381 e. The lowest BCUT2D eigenvalue weighted by Crippen LogP contribution is -2.34. The Labute approximate surface area is 127 Å². The Hall–Kier alpha value is -1.00. The third kappa shape index (κ3) is 3.27. The molecule has 0 saturated carbocycles. The molecule has 4 nitrogen and oxygen atoms in total. The van der Waals surface area contributed by atoms with Crippen molar-refractivity contribution in [2.24, 2.45) is 5.41 Å². The molecule has 1 fully saturated rings. The first-order chi connectivity index (χ1) is 10.1. The monoisotopic (exact) mass is 289 g/mol. The van der Waals surface area contributed by atoms with Crippen molar-refractivity contribution < 1.29 is 4.74 Å². The van der Waals surface area contributed by atoms with E-state index in [0.29, 0.717) is 17.4 Å². The highest BCUT2D eigenvalue weighted by Gasteiger charge is 2.33. The number of hydrogen-bond acceptors (Lipinski definition) is 4. The molecule has 2 unspecified atom stereocenters. The van der Waals surface area contributed by atoms with Gasteiger partial charge in [-0.15, -0.1) is 0 Å². The Balaban J connectivity index is 1.89. The van der Waals surface area contributed by atoms with E-state index < -0.39 is 0 Å². The molecule has 1 aromatic rings. The normalized spacial score (nSPS) is 28.1. The van der Waals surface area contributed by atoms with Crippen LogP contribution in [-0.4, -0.2) is 29.7 Å². The summed E-state index contributed by atoms with van der Waals surface area (Å²) in [7, 11) is 0. The molecular formula is C17H27N3O. The van der Waals surface area contributed by atoms with E-state index in [9.17, 15) is 0 Å². The molecule has 21 heavy (non-hydrogen) atoms. The fourth-order valence-electron chi connectivity index (χ4n) is 3.63. The van der Waals surface area contributed by atoms with Gasteiger partial charge in [0.2, 0.25) is 0 Å². The molecule has 0 radical (unpaired) electrons. The number of nitrogens with one attached hydrogen (secondary N) is 1. The highest BCUT2D eigenvalue weighted by molar-refractivity contribution is 5.27. The number of hydrogen-bond donors (Lipinski definition) is 1. The van der Waals surface area contributed by atoms with E-state index in [1.807, 2.05) is 0 Å². The molecular weight excluding hydrogens is 262 g/mol. The number of fused-ring (bicyclic) bond motifs is 1. The van der Waals surface area contributed by atoms with Crippen LogP contribution in [0.2, 0.25) is 0 Å². The Kier molecular flexibility index (Phi) is 4.27. The number of rotatable bonds is 3. The summed E-state index contributed by atoms with van der Waals surface area (Å²) in [5.41, 5.74) is 2.85. The SMILES string of the molecule is CCNC1CC(C)(C)Cc2nc(C3CCCOC3)ncc21. The second kappa shape index (κ2) is 6.01. The summed E-state index contributed by atoms with van der Waals surface area (Å²) in [6, 6.07) is 0.394. The molecule has 116 valence electrons. The molecule has 2 atom stereocenters. The maximum Gasteiger partial charge on any atom is 0.133 e. The standard InChI is InChI=1S/C17H27N3O/c1-4-18-14-8-17(2,3)9-15-13(14)10-19-16(20-15)12-6-5-7-21-11-12/h10,12,14,18H,4-9,11H2,1-3H3. The molecule has 0 bridgehead atoms. The Morgan fingerprint density at radius 3 is 3.00 bits per heavy atom. The van der Waals surface area contributed by atoms with Crippen LogP contribution in [0.15, 0.2) is 6.20 Å². The van der Waals surface area contributed by atoms with Gasteiger partial charge in [0.1, 0.15) is 5.82 Å². The van der Waals surface area contributed by atoms with Crippen molar-refractivity contribution in [2.75, 3.05) is 19.8 Å². The van der Waals surface area contributed by atoms with Gasteiger partial charge in [0.05, 0.1) is 6.61 Å². The van der Waals surface area contributed by atoms with E-state index in [-0.39, 0.29) is 0 Å². The predicted molar refractivity (Wildman–Crippen MR) is 83.3 cm³/mol. The summed E-state index contributed by atoms with van der Waals surface area (Å²) in [5, 5.41) is 3.59. The van der Waals surface area contributed by atoms with Crippen molar-refractivity contribution in [3.8, 4) is 0 Å². The highest BCUT2D eigenvalue weighted by Crippen LogP contribution is 2.40. The summed E-state index contributed by atoms with van der Waals surface area (Å²) < 4.78 is 5.59. The minimum absolute atomic E-state index is 0.300. The zero-order valence-corrected chi connectivity index (χ0v) is 13.5. The minimum atomic E-state index is 0.300. The number of nitrogens with zero attached hydrogens (tertiary/aromatic N) is 2. The van der Waals surface area contributed by atoms with Gasteiger partial charge >= 0.3 is 0 Å². The van der Waals surface area contributed by atoms with Gasteiger partial charge in [0.25, 0.3) is 0 Å². The third-order valence-electron chi connectivity index (χ3n) is 4.67. The first kappa shape index (κ1) is 14.9. The lowest BCUT2D eigenvalue weighted by atomic mass is 9.74. The van der Waals surface area contributed by atoms with E-state index >= 15 is 0 Å². The van der Waals surface area contributed by atoms with Crippen LogP contribution in [0.5, 0.6) is 0 Å². The average molecular weight is 289 g/mol. The van der Waals surface area contributed by atoms with E-state index in [1.54, 1.807) is 0 Å². The zero-order chi connectivity index (χ0) is 14.9. The van der Waals surface area contributed by atoms with Gasteiger partial charge in [-0.2, -0.15) is 0 Å². The van der Waals surface area contributed by atoms with Crippen LogP contribution in [-0.2, 0) is 11.2 Å². The van der Waals surface area contributed by atoms with Crippen LogP contribution in [0.4, 0.5) is 0 Å². The second-order valence-electron chi connectivity index (χ2n) is 7.20. The Morgan fingerprint density at radius 2 is 2.29 bits per heavy atom. The Bertz CT molecular complexity index is 495. The Morgan fingerprint density at radius 1 is 1.43 bits per heavy atom. The van der Waals surface area contributed by atoms with Crippen LogP contribution in [0.25, 0.3) is 0 Å². The van der Waals surface area contributed by atoms with Gasteiger partial charge in [-0.05, 0) is 37.6 Å². The molecule has 3 rings (SSSR count). The molecule has 1 aliphatic carbocycles. The van der Waals surface area contributed by atoms with Crippen molar-refractivity contribution in [2.45, 2.75) is 58.4 Å². The van der Waals surface area contributed by atoms with E-state index in [4.69, 9.17) is 9.72 Å². The van der Waals surface area contributed by atoms with Crippen LogP contribution in [0, 0.1) is 5.41 Å². The molecule has 1 aromatic heterocycles. The molecule has 4 heteroatoms. The molecule has 2 heterocycles. The summed E-state index contributed by atoms with van der Waals surface area (Å²) in [4.78, 5) is 9.60. The maximum absolute atomic E-state index is 5.59. The first-order valence-electron chi connectivity index (χ1n) is 8.26. The third-order valence-corrected chi connectivity index (χ3v) is 4.67. The molecule has 1 aliphatic heterocycles. The summed E-state index contributed by atoms with van der Waals surface area (Å²) in [5.74, 6) is 1.37. The fourth-order valence-corrected chi connectivity index (χ4v) is 3.63. The van der Waals surface area contributed by atoms with Gasteiger partial charge in [-0.25, -0.2) is 9.97 Å². The molecule has 0 spiro atoms.